The van der Waals surface area contributed by atoms with Crippen LogP contribution in [0.25, 0.3) is 11.0 Å². The van der Waals surface area contributed by atoms with Gasteiger partial charge in [-0.25, -0.2) is 4.98 Å². The van der Waals surface area contributed by atoms with E-state index in [-0.39, 0.29) is 12.5 Å². The van der Waals surface area contributed by atoms with Crippen LogP contribution in [-0.2, 0) is 13.0 Å². The Balaban J connectivity index is 1.73. The highest BCUT2D eigenvalue weighted by Gasteiger charge is 2.17. The van der Waals surface area contributed by atoms with Crippen molar-refractivity contribution in [1.82, 2.24) is 14.9 Å². The van der Waals surface area contributed by atoms with Gasteiger partial charge < -0.3 is 20.1 Å². The van der Waals surface area contributed by atoms with Gasteiger partial charge in [0, 0.05) is 18.5 Å². The van der Waals surface area contributed by atoms with Crippen molar-refractivity contribution in [2.24, 2.45) is 0 Å². The maximum atomic E-state index is 12.1. The van der Waals surface area contributed by atoms with E-state index in [4.69, 9.17) is 0 Å². The Kier molecular flexibility index (Phi) is 5.65. The third kappa shape index (κ3) is 4.09. The molecule has 136 valence electrons. The van der Waals surface area contributed by atoms with Crippen LogP contribution in [0, 0.1) is 0 Å². The van der Waals surface area contributed by atoms with Crippen molar-refractivity contribution in [1.29, 1.82) is 0 Å². The first-order valence-corrected chi connectivity index (χ1v) is 8.70. The summed E-state index contributed by atoms with van der Waals surface area (Å²) in [5, 5.41) is 22.6. The number of hydrogen-bond acceptors (Lipinski definition) is 4. The maximum Gasteiger partial charge on any atom is 0.251 e. The topological polar surface area (TPSA) is 87.4 Å². The van der Waals surface area contributed by atoms with Gasteiger partial charge in [0.15, 0.2) is 0 Å². The predicted molar refractivity (Wildman–Crippen MR) is 99.9 cm³/mol. The smallest absolute Gasteiger partial charge is 0.251 e. The van der Waals surface area contributed by atoms with Gasteiger partial charge in [0.25, 0.3) is 5.91 Å². The Bertz CT molecular complexity index is 874. The van der Waals surface area contributed by atoms with Gasteiger partial charge in [-0.1, -0.05) is 30.3 Å². The van der Waals surface area contributed by atoms with Gasteiger partial charge in [0.1, 0.15) is 5.82 Å². The van der Waals surface area contributed by atoms with Gasteiger partial charge in [0.2, 0.25) is 0 Å². The molecule has 0 saturated carbocycles. The highest BCUT2D eigenvalue weighted by atomic mass is 16.3. The van der Waals surface area contributed by atoms with Crippen LogP contribution < -0.4 is 5.32 Å². The summed E-state index contributed by atoms with van der Waals surface area (Å²) in [6.45, 7) is 2.24. The highest BCUT2D eigenvalue weighted by Crippen LogP contribution is 2.17. The Morgan fingerprint density at radius 3 is 2.54 bits per heavy atom. The number of aliphatic hydroxyl groups excluding tert-OH is 2. The second-order valence-corrected chi connectivity index (χ2v) is 6.31. The molecule has 1 amide bonds. The number of aliphatic hydroxyl groups is 2. The molecule has 1 heterocycles. The molecule has 0 radical (unpaired) electrons. The fourth-order valence-electron chi connectivity index (χ4n) is 2.84. The van der Waals surface area contributed by atoms with Gasteiger partial charge in [-0.3, -0.25) is 4.79 Å². The number of rotatable bonds is 7. The van der Waals surface area contributed by atoms with E-state index in [0.717, 1.165) is 16.9 Å². The number of nitrogens with one attached hydrogen (secondary N) is 1. The predicted octanol–water partition coefficient (Wildman–Crippen LogP) is 1.75. The summed E-state index contributed by atoms with van der Waals surface area (Å²) in [5.74, 6) is 0.636. The fourth-order valence-corrected chi connectivity index (χ4v) is 2.84. The van der Waals surface area contributed by atoms with Crippen molar-refractivity contribution in [3.8, 4) is 0 Å². The van der Waals surface area contributed by atoms with E-state index in [0.29, 0.717) is 18.5 Å². The molecule has 0 aliphatic carbocycles. The molecule has 0 fully saturated rings. The first-order valence-electron chi connectivity index (χ1n) is 8.70. The number of benzene rings is 2. The Morgan fingerprint density at radius 2 is 1.81 bits per heavy atom. The van der Waals surface area contributed by atoms with E-state index >= 15 is 0 Å². The number of para-hydroxylation sites is 2. The normalized spacial score (nSPS) is 13.5. The standard InChI is InChI=1S/C20H23N3O3/c1-14(24)18(25)13-23-17-10-6-5-9-16(17)22-19(23)11-12-21-20(26)15-7-3-2-4-8-15/h2-10,14,18,24-25H,11-13H2,1H3,(H,21,26). The third-order valence-corrected chi connectivity index (χ3v) is 4.33. The van der Waals surface area contributed by atoms with Gasteiger partial charge in [-0.15, -0.1) is 0 Å². The first-order chi connectivity index (χ1) is 12.6. The van der Waals surface area contributed by atoms with Gasteiger partial charge in [-0.05, 0) is 31.2 Å². The SMILES string of the molecule is CC(O)C(O)Cn1c(CCNC(=O)c2ccccc2)nc2ccccc21. The van der Waals surface area contributed by atoms with E-state index in [1.165, 1.54) is 0 Å². The zero-order chi connectivity index (χ0) is 18.5. The van der Waals surface area contributed by atoms with Crippen LogP contribution >= 0.6 is 0 Å². The molecule has 3 aromatic rings. The van der Waals surface area contributed by atoms with Crippen molar-refractivity contribution in [3.63, 3.8) is 0 Å². The summed E-state index contributed by atoms with van der Waals surface area (Å²) in [7, 11) is 0. The average Bonchev–Trinajstić information content (AvgIpc) is 3.00. The number of carbonyl (C=O) groups is 1. The van der Waals surface area contributed by atoms with Gasteiger partial charge in [0.05, 0.1) is 29.8 Å². The van der Waals surface area contributed by atoms with E-state index in [9.17, 15) is 15.0 Å². The summed E-state index contributed by atoms with van der Waals surface area (Å²) in [5.41, 5.74) is 2.34. The van der Waals surface area contributed by atoms with Crippen LogP contribution in [0.15, 0.2) is 54.6 Å². The lowest BCUT2D eigenvalue weighted by molar-refractivity contribution is 0.0210. The number of hydrogen-bond donors (Lipinski definition) is 3. The van der Waals surface area contributed by atoms with Gasteiger partial charge >= 0.3 is 0 Å². The van der Waals surface area contributed by atoms with Gasteiger partial charge in [-0.2, -0.15) is 0 Å². The number of carbonyl (C=O) groups excluding carboxylic acids is 1. The average molecular weight is 353 g/mol. The van der Waals surface area contributed by atoms with Crippen molar-refractivity contribution >= 4 is 16.9 Å². The number of amides is 1. The molecule has 0 aliphatic heterocycles. The van der Waals surface area contributed by atoms with Crippen molar-refractivity contribution < 1.29 is 15.0 Å². The minimum atomic E-state index is -0.884. The molecule has 6 nitrogen and oxygen atoms in total. The quantitative estimate of drug-likeness (QED) is 0.604. The molecular formula is C20H23N3O3. The van der Waals surface area contributed by atoms with Crippen molar-refractivity contribution in [2.75, 3.05) is 6.54 Å². The molecule has 6 heteroatoms. The van der Waals surface area contributed by atoms with E-state index in [1.54, 1.807) is 19.1 Å². The highest BCUT2D eigenvalue weighted by molar-refractivity contribution is 5.94. The molecule has 0 spiro atoms. The fraction of sp³-hybridized carbons (Fsp3) is 0.300. The zero-order valence-corrected chi connectivity index (χ0v) is 14.7. The summed E-state index contributed by atoms with van der Waals surface area (Å²) >= 11 is 0. The second kappa shape index (κ2) is 8.12. The summed E-state index contributed by atoms with van der Waals surface area (Å²) in [6, 6.07) is 16.7. The van der Waals surface area contributed by atoms with Crippen LogP contribution in [0.5, 0.6) is 0 Å². The largest absolute Gasteiger partial charge is 0.391 e. The molecule has 2 unspecified atom stereocenters. The van der Waals surface area contributed by atoms with Crippen LogP contribution in [0.1, 0.15) is 23.1 Å². The maximum absolute atomic E-state index is 12.1. The lowest BCUT2D eigenvalue weighted by atomic mass is 10.2. The van der Waals surface area contributed by atoms with Crippen molar-refractivity contribution in [3.05, 3.63) is 66.0 Å². The second-order valence-electron chi connectivity index (χ2n) is 6.31. The Morgan fingerprint density at radius 1 is 1.12 bits per heavy atom. The number of nitrogens with zero attached hydrogens (tertiary/aromatic N) is 2. The number of fused-ring (bicyclic) bond motifs is 1. The Hall–Kier alpha value is -2.70. The van der Waals surface area contributed by atoms with E-state index in [1.807, 2.05) is 47.0 Å². The minimum Gasteiger partial charge on any atom is -0.391 e. The molecule has 3 rings (SSSR count). The van der Waals surface area contributed by atoms with Crippen molar-refractivity contribution in [2.45, 2.75) is 32.1 Å². The lowest BCUT2D eigenvalue weighted by Crippen LogP contribution is -2.30. The molecule has 26 heavy (non-hydrogen) atoms. The van der Waals surface area contributed by atoms with Crippen LogP contribution in [0.3, 0.4) is 0 Å². The van der Waals surface area contributed by atoms with Crippen LogP contribution in [-0.4, -0.2) is 44.4 Å². The van der Waals surface area contributed by atoms with Crippen LogP contribution in [0.4, 0.5) is 0 Å². The minimum absolute atomic E-state index is 0.128. The molecule has 0 aliphatic rings. The molecular weight excluding hydrogens is 330 g/mol. The number of imidazole rings is 1. The van der Waals surface area contributed by atoms with E-state index in [2.05, 4.69) is 10.3 Å². The summed E-state index contributed by atoms with van der Waals surface area (Å²) in [4.78, 5) is 16.8. The number of aromatic nitrogens is 2. The molecule has 2 atom stereocenters. The third-order valence-electron chi connectivity index (χ3n) is 4.33. The summed E-state index contributed by atoms with van der Waals surface area (Å²) < 4.78 is 1.90. The zero-order valence-electron chi connectivity index (χ0n) is 14.7. The lowest BCUT2D eigenvalue weighted by Gasteiger charge is -2.17. The van der Waals surface area contributed by atoms with Crippen LogP contribution in [0.2, 0.25) is 0 Å². The van der Waals surface area contributed by atoms with E-state index < -0.39 is 12.2 Å². The molecule has 0 bridgehead atoms. The summed E-state index contributed by atoms with van der Waals surface area (Å²) in [6.07, 6.45) is -1.19. The molecule has 1 aromatic heterocycles. The first kappa shape index (κ1) is 18.1. The molecule has 0 saturated heterocycles. The monoisotopic (exact) mass is 353 g/mol. The molecule has 3 N–H and O–H groups in total. The Labute approximate surface area is 152 Å². The molecule has 2 aromatic carbocycles.